The average Bonchev–Trinajstić information content (AvgIpc) is 2.14. The van der Waals surface area contributed by atoms with Crippen molar-refractivity contribution in [1.82, 2.24) is 0 Å². The Morgan fingerprint density at radius 1 is 1.38 bits per heavy atom. The van der Waals surface area contributed by atoms with Gasteiger partial charge in [-0.05, 0) is 35.4 Å². The van der Waals surface area contributed by atoms with Gasteiger partial charge in [-0.2, -0.15) is 0 Å². The van der Waals surface area contributed by atoms with E-state index in [0.29, 0.717) is 11.2 Å². The lowest BCUT2D eigenvalue weighted by atomic mass is 9.83. The highest BCUT2D eigenvalue weighted by Crippen LogP contribution is 2.28. The van der Waals surface area contributed by atoms with E-state index in [2.05, 4.69) is 0 Å². The fourth-order valence-corrected chi connectivity index (χ4v) is 1.56. The van der Waals surface area contributed by atoms with Gasteiger partial charge in [0.05, 0.1) is 12.0 Å². The molecule has 0 saturated carbocycles. The second kappa shape index (κ2) is 6.59. The van der Waals surface area contributed by atoms with Crippen LogP contribution in [-0.4, -0.2) is 24.3 Å². The van der Waals surface area contributed by atoms with Crippen molar-refractivity contribution in [2.24, 2.45) is 5.41 Å². The monoisotopic (exact) mass is 300 g/mol. The van der Waals surface area contributed by atoms with Crippen molar-refractivity contribution in [2.45, 2.75) is 26.7 Å². The molecule has 0 radical (unpaired) electrons. The van der Waals surface area contributed by atoms with Crippen LogP contribution in [0.4, 0.5) is 0 Å². The van der Waals surface area contributed by atoms with Crippen LogP contribution < -0.4 is 0 Å². The zero-order valence-electron chi connectivity index (χ0n) is 8.43. The fraction of sp³-hybridized carbons (Fsp3) is 0.889. The maximum atomic E-state index is 11.6. The minimum atomic E-state index is -0.445. The summed E-state index contributed by atoms with van der Waals surface area (Å²) in [5.41, 5.74) is -0.445. The van der Waals surface area contributed by atoms with Crippen molar-refractivity contribution in [1.29, 1.82) is 0 Å². The molecule has 0 aliphatic rings. The highest BCUT2D eigenvalue weighted by molar-refractivity contribution is 14.1. The molecule has 0 amide bonds. The van der Waals surface area contributed by atoms with Crippen LogP contribution in [0.5, 0.6) is 0 Å². The van der Waals surface area contributed by atoms with Gasteiger partial charge in [0.15, 0.2) is 0 Å². The molecule has 78 valence electrons. The second-order valence-electron chi connectivity index (χ2n) is 2.96. The SMILES string of the molecule is CCC(CC)(COC)C(=O)OCI. The Kier molecular flexibility index (Phi) is 6.67. The van der Waals surface area contributed by atoms with E-state index in [1.165, 1.54) is 0 Å². The molecule has 0 unspecified atom stereocenters. The molecule has 0 aromatic rings. The third-order valence-electron chi connectivity index (χ3n) is 2.39. The Hall–Kier alpha value is 0.160. The van der Waals surface area contributed by atoms with E-state index >= 15 is 0 Å². The fourth-order valence-electron chi connectivity index (χ4n) is 1.28. The van der Waals surface area contributed by atoms with Crippen molar-refractivity contribution in [3.05, 3.63) is 0 Å². The quantitative estimate of drug-likeness (QED) is 0.429. The number of rotatable bonds is 6. The number of hydrogen-bond acceptors (Lipinski definition) is 3. The van der Waals surface area contributed by atoms with Gasteiger partial charge in [-0.1, -0.05) is 13.8 Å². The van der Waals surface area contributed by atoms with Gasteiger partial charge in [0.2, 0.25) is 0 Å². The van der Waals surface area contributed by atoms with E-state index < -0.39 is 5.41 Å². The van der Waals surface area contributed by atoms with E-state index in [9.17, 15) is 4.79 Å². The lowest BCUT2D eigenvalue weighted by Gasteiger charge is -2.27. The highest BCUT2D eigenvalue weighted by Gasteiger charge is 2.36. The van der Waals surface area contributed by atoms with E-state index in [4.69, 9.17) is 9.47 Å². The molecular formula is C9H17IO3. The molecule has 0 saturated heterocycles. The average molecular weight is 300 g/mol. The van der Waals surface area contributed by atoms with Crippen molar-refractivity contribution in [3.63, 3.8) is 0 Å². The van der Waals surface area contributed by atoms with Gasteiger partial charge in [-0.15, -0.1) is 0 Å². The molecule has 3 nitrogen and oxygen atoms in total. The van der Waals surface area contributed by atoms with Crippen LogP contribution in [0.15, 0.2) is 0 Å². The maximum absolute atomic E-state index is 11.6. The van der Waals surface area contributed by atoms with E-state index in [1.54, 1.807) is 7.11 Å². The molecule has 0 spiro atoms. The van der Waals surface area contributed by atoms with Gasteiger partial charge in [0.1, 0.15) is 4.61 Å². The molecule has 0 fully saturated rings. The standard InChI is InChI=1S/C9H17IO3/c1-4-9(5-2,6-12-3)8(11)13-7-10/h4-7H2,1-3H3. The molecule has 0 aromatic carbocycles. The van der Waals surface area contributed by atoms with Crippen LogP contribution >= 0.6 is 22.6 Å². The zero-order chi connectivity index (χ0) is 10.3. The van der Waals surface area contributed by atoms with Crippen molar-refractivity contribution < 1.29 is 14.3 Å². The lowest BCUT2D eigenvalue weighted by molar-refractivity contribution is -0.157. The minimum absolute atomic E-state index is 0.145. The van der Waals surface area contributed by atoms with Gasteiger partial charge >= 0.3 is 5.97 Å². The summed E-state index contributed by atoms with van der Waals surface area (Å²) in [6.07, 6.45) is 1.51. The summed E-state index contributed by atoms with van der Waals surface area (Å²) >= 11 is 2.02. The molecule has 13 heavy (non-hydrogen) atoms. The first kappa shape index (κ1) is 13.2. The van der Waals surface area contributed by atoms with Gasteiger partial charge in [0, 0.05) is 7.11 Å². The lowest BCUT2D eigenvalue weighted by Crippen LogP contribution is -2.36. The van der Waals surface area contributed by atoms with E-state index in [-0.39, 0.29) is 5.97 Å². The predicted molar refractivity (Wildman–Crippen MR) is 59.9 cm³/mol. The van der Waals surface area contributed by atoms with Crippen LogP contribution in [0, 0.1) is 5.41 Å². The third-order valence-corrected chi connectivity index (χ3v) is 2.70. The molecule has 0 atom stereocenters. The van der Waals surface area contributed by atoms with Crippen LogP contribution in [0.25, 0.3) is 0 Å². The Balaban J connectivity index is 4.43. The second-order valence-corrected chi connectivity index (χ2v) is 3.58. The molecule has 0 aliphatic carbocycles. The summed E-state index contributed by atoms with van der Waals surface area (Å²) in [4.78, 5) is 11.6. The number of ether oxygens (including phenoxy) is 2. The zero-order valence-corrected chi connectivity index (χ0v) is 10.6. The van der Waals surface area contributed by atoms with Crippen LogP contribution in [0.1, 0.15) is 26.7 Å². The third kappa shape index (κ3) is 3.42. The van der Waals surface area contributed by atoms with E-state index in [1.807, 2.05) is 36.4 Å². The number of carbonyl (C=O) groups excluding carboxylic acids is 1. The summed E-state index contributed by atoms with van der Waals surface area (Å²) in [5, 5.41) is 0. The number of methoxy groups -OCH3 is 1. The molecule has 0 rings (SSSR count). The first-order chi connectivity index (χ1) is 6.16. The summed E-state index contributed by atoms with van der Waals surface area (Å²) in [6.45, 7) is 4.41. The molecule has 0 heterocycles. The van der Waals surface area contributed by atoms with Gasteiger partial charge in [-0.3, -0.25) is 4.79 Å². The normalized spacial score (nSPS) is 11.4. The highest BCUT2D eigenvalue weighted by atomic mass is 127. The van der Waals surface area contributed by atoms with Gasteiger partial charge < -0.3 is 9.47 Å². The predicted octanol–water partition coefficient (Wildman–Crippen LogP) is 2.37. The number of alkyl halides is 1. The van der Waals surface area contributed by atoms with E-state index in [0.717, 1.165) is 12.8 Å². The number of halogens is 1. The van der Waals surface area contributed by atoms with Crippen LogP contribution in [0.3, 0.4) is 0 Å². The molecule has 0 aliphatic heterocycles. The molecular weight excluding hydrogens is 283 g/mol. The number of hydrogen-bond donors (Lipinski definition) is 0. The number of esters is 1. The molecule has 0 aromatic heterocycles. The van der Waals surface area contributed by atoms with Crippen molar-refractivity contribution in [3.8, 4) is 0 Å². The maximum Gasteiger partial charge on any atom is 0.315 e. The van der Waals surface area contributed by atoms with Crippen molar-refractivity contribution in [2.75, 3.05) is 18.3 Å². The van der Waals surface area contributed by atoms with Crippen LogP contribution in [0.2, 0.25) is 0 Å². The minimum Gasteiger partial charge on any atom is -0.455 e. The Morgan fingerprint density at radius 3 is 2.23 bits per heavy atom. The van der Waals surface area contributed by atoms with Crippen molar-refractivity contribution >= 4 is 28.6 Å². The topological polar surface area (TPSA) is 35.5 Å². The summed E-state index contributed by atoms with van der Waals surface area (Å²) in [6, 6.07) is 0. The number of carbonyl (C=O) groups is 1. The smallest absolute Gasteiger partial charge is 0.315 e. The first-order valence-corrected chi connectivity index (χ1v) is 5.91. The Bertz CT molecular complexity index is 155. The Labute approximate surface area is 93.3 Å². The molecule has 0 N–H and O–H groups in total. The largest absolute Gasteiger partial charge is 0.455 e. The first-order valence-electron chi connectivity index (χ1n) is 4.39. The summed E-state index contributed by atoms with van der Waals surface area (Å²) in [5.74, 6) is -0.145. The van der Waals surface area contributed by atoms with Gasteiger partial charge in [-0.25, -0.2) is 0 Å². The molecule has 4 heteroatoms. The van der Waals surface area contributed by atoms with Crippen LogP contribution in [-0.2, 0) is 14.3 Å². The Morgan fingerprint density at radius 2 is 1.92 bits per heavy atom. The molecule has 0 bridgehead atoms. The summed E-state index contributed by atoms with van der Waals surface area (Å²) in [7, 11) is 1.61. The summed E-state index contributed by atoms with van der Waals surface area (Å²) < 4.78 is 10.5. The van der Waals surface area contributed by atoms with Gasteiger partial charge in [0.25, 0.3) is 0 Å².